The molecule has 1 aromatic rings. The lowest BCUT2D eigenvalue weighted by atomic mass is 9.99. The first-order valence-electron chi connectivity index (χ1n) is 6.82. The van der Waals surface area contributed by atoms with E-state index < -0.39 is 17.9 Å². The number of carboxylic acid groups (broad SMARTS) is 1. The molecule has 0 saturated heterocycles. The molecule has 2 atom stereocenters. The van der Waals surface area contributed by atoms with Gasteiger partial charge in [-0.2, -0.15) is 0 Å². The van der Waals surface area contributed by atoms with Gasteiger partial charge in [0.1, 0.15) is 6.04 Å². The number of aliphatic carboxylic acids is 1. The summed E-state index contributed by atoms with van der Waals surface area (Å²) in [6, 6.07) is 4.58. The van der Waals surface area contributed by atoms with Crippen LogP contribution in [0.2, 0.25) is 5.02 Å². The largest absolute Gasteiger partial charge is 0.480 e. The van der Waals surface area contributed by atoms with Crippen LogP contribution in [0.4, 0.5) is 0 Å². The quantitative estimate of drug-likeness (QED) is 0.793. The maximum absolute atomic E-state index is 11.8. The number of nitrogens with one attached hydrogen (secondary N) is 1. The summed E-state index contributed by atoms with van der Waals surface area (Å²) >= 11 is 6.00. The fourth-order valence-electron chi connectivity index (χ4n) is 1.77. The zero-order chi connectivity index (χ0) is 16.0. The van der Waals surface area contributed by atoms with Crippen molar-refractivity contribution in [3.8, 4) is 0 Å². The van der Waals surface area contributed by atoms with Crippen LogP contribution in [-0.2, 0) is 9.59 Å². The van der Waals surface area contributed by atoms with Crippen LogP contribution >= 0.6 is 11.6 Å². The van der Waals surface area contributed by atoms with Crippen molar-refractivity contribution in [2.75, 3.05) is 0 Å². The Bertz CT molecular complexity index is 554. The smallest absolute Gasteiger partial charge is 0.326 e. The second-order valence-corrected chi connectivity index (χ2v) is 5.46. The van der Waals surface area contributed by atoms with Crippen molar-refractivity contribution in [3.63, 3.8) is 0 Å². The van der Waals surface area contributed by atoms with Gasteiger partial charge in [-0.1, -0.05) is 44.0 Å². The third-order valence-corrected chi connectivity index (χ3v) is 3.81. The molecule has 2 unspecified atom stereocenters. The van der Waals surface area contributed by atoms with E-state index in [0.717, 1.165) is 11.1 Å². The molecule has 0 spiro atoms. The van der Waals surface area contributed by atoms with Crippen molar-refractivity contribution in [2.24, 2.45) is 5.92 Å². The fraction of sp³-hybridized carbons (Fsp3) is 0.375. The molecule has 0 bridgehead atoms. The Morgan fingerprint density at radius 3 is 2.62 bits per heavy atom. The molecule has 0 aliphatic rings. The van der Waals surface area contributed by atoms with Crippen LogP contribution in [0.15, 0.2) is 24.3 Å². The number of carbonyl (C=O) groups is 2. The van der Waals surface area contributed by atoms with Crippen LogP contribution in [0.25, 0.3) is 6.08 Å². The van der Waals surface area contributed by atoms with Gasteiger partial charge in [0.2, 0.25) is 5.91 Å². The summed E-state index contributed by atoms with van der Waals surface area (Å²) in [4.78, 5) is 22.9. The average Bonchev–Trinajstić information content (AvgIpc) is 2.44. The van der Waals surface area contributed by atoms with Gasteiger partial charge in [0.25, 0.3) is 0 Å². The molecule has 4 nitrogen and oxygen atoms in total. The van der Waals surface area contributed by atoms with Gasteiger partial charge in [0.05, 0.1) is 0 Å². The Hall–Kier alpha value is -1.81. The average molecular weight is 310 g/mol. The molecule has 1 aromatic carbocycles. The number of amides is 1. The Labute approximate surface area is 129 Å². The van der Waals surface area contributed by atoms with E-state index in [0.29, 0.717) is 11.4 Å². The van der Waals surface area contributed by atoms with E-state index in [1.165, 1.54) is 6.08 Å². The van der Waals surface area contributed by atoms with Gasteiger partial charge in [0.15, 0.2) is 0 Å². The molecule has 0 heterocycles. The normalized spacial score (nSPS) is 13.9. The minimum Gasteiger partial charge on any atom is -0.480 e. The number of benzene rings is 1. The SMILES string of the molecule is CCC(C)C(NC(=O)/C=C/c1ccc(C)c(Cl)c1)C(=O)O. The van der Waals surface area contributed by atoms with Crippen LogP contribution in [0.3, 0.4) is 0 Å². The Morgan fingerprint density at radius 1 is 1.43 bits per heavy atom. The molecule has 21 heavy (non-hydrogen) atoms. The fourth-order valence-corrected chi connectivity index (χ4v) is 1.96. The van der Waals surface area contributed by atoms with Gasteiger partial charge < -0.3 is 10.4 Å². The van der Waals surface area contributed by atoms with Crippen molar-refractivity contribution in [1.82, 2.24) is 5.32 Å². The van der Waals surface area contributed by atoms with Crippen LogP contribution in [0, 0.1) is 12.8 Å². The number of rotatable bonds is 6. The highest BCUT2D eigenvalue weighted by Crippen LogP contribution is 2.17. The summed E-state index contributed by atoms with van der Waals surface area (Å²) in [5, 5.41) is 12.3. The number of aryl methyl sites for hydroxylation is 1. The molecular formula is C16H20ClNO3. The molecule has 0 aromatic heterocycles. The highest BCUT2D eigenvalue weighted by atomic mass is 35.5. The molecule has 0 saturated carbocycles. The van der Waals surface area contributed by atoms with Gasteiger partial charge >= 0.3 is 5.97 Å². The summed E-state index contributed by atoms with van der Waals surface area (Å²) in [6.45, 7) is 5.57. The lowest BCUT2D eigenvalue weighted by Crippen LogP contribution is -2.44. The molecule has 114 valence electrons. The maximum atomic E-state index is 11.8. The number of hydrogen-bond acceptors (Lipinski definition) is 2. The topological polar surface area (TPSA) is 66.4 Å². The third kappa shape index (κ3) is 5.23. The molecule has 5 heteroatoms. The lowest BCUT2D eigenvalue weighted by Gasteiger charge is -2.19. The molecule has 1 rings (SSSR count). The maximum Gasteiger partial charge on any atom is 0.326 e. The lowest BCUT2D eigenvalue weighted by molar-refractivity contribution is -0.142. The summed E-state index contributed by atoms with van der Waals surface area (Å²) < 4.78 is 0. The van der Waals surface area contributed by atoms with Crippen molar-refractivity contribution in [2.45, 2.75) is 33.2 Å². The first-order chi connectivity index (χ1) is 9.85. The molecule has 0 fully saturated rings. The van der Waals surface area contributed by atoms with Crippen molar-refractivity contribution >= 4 is 29.6 Å². The number of halogens is 1. The minimum atomic E-state index is -1.02. The highest BCUT2D eigenvalue weighted by Gasteiger charge is 2.24. The van der Waals surface area contributed by atoms with E-state index in [-0.39, 0.29) is 5.92 Å². The van der Waals surface area contributed by atoms with E-state index in [9.17, 15) is 9.59 Å². The summed E-state index contributed by atoms with van der Waals surface area (Å²) in [6.07, 6.45) is 3.60. The molecule has 2 N–H and O–H groups in total. The highest BCUT2D eigenvalue weighted by molar-refractivity contribution is 6.31. The van der Waals surface area contributed by atoms with E-state index in [2.05, 4.69) is 5.32 Å². The number of hydrogen-bond donors (Lipinski definition) is 2. The van der Waals surface area contributed by atoms with Gasteiger partial charge in [-0.25, -0.2) is 4.79 Å². The van der Waals surface area contributed by atoms with E-state index >= 15 is 0 Å². The van der Waals surface area contributed by atoms with Crippen LogP contribution in [-0.4, -0.2) is 23.0 Å². The Kier molecular flexibility index (Phi) is 6.43. The Morgan fingerprint density at radius 2 is 2.10 bits per heavy atom. The monoisotopic (exact) mass is 309 g/mol. The molecule has 0 radical (unpaired) electrons. The Balaban J connectivity index is 2.73. The molecule has 1 amide bonds. The zero-order valence-corrected chi connectivity index (χ0v) is 13.1. The minimum absolute atomic E-state index is 0.131. The molecular weight excluding hydrogens is 290 g/mol. The second-order valence-electron chi connectivity index (χ2n) is 5.05. The second kappa shape index (κ2) is 7.84. The van der Waals surface area contributed by atoms with Crippen LogP contribution in [0.1, 0.15) is 31.4 Å². The standard InChI is InChI=1S/C16H20ClNO3/c1-4-10(2)15(16(20)21)18-14(19)8-7-12-6-5-11(3)13(17)9-12/h5-10,15H,4H2,1-3H3,(H,18,19)(H,20,21)/b8-7+. The first-order valence-corrected chi connectivity index (χ1v) is 7.20. The van der Waals surface area contributed by atoms with Crippen molar-refractivity contribution in [1.29, 1.82) is 0 Å². The van der Waals surface area contributed by atoms with Crippen LogP contribution in [0.5, 0.6) is 0 Å². The predicted molar refractivity (Wildman–Crippen MR) is 84.2 cm³/mol. The number of carbonyl (C=O) groups excluding carboxylic acids is 1. The predicted octanol–water partition coefficient (Wildman–Crippen LogP) is 3.28. The number of carboxylic acids is 1. The van der Waals surface area contributed by atoms with Crippen molar-refractivity contribution in [3.05, 3.63) is 40.4 Å². The first kappa shape index (κ1) is 17.2. The van der Waals surface area contributed by atoms with E-state index in [1.54, 1.807) is 19.1 Å². The summed E-state index contributed by atoms with van der Waals surface area (Å²) in [7, 11) is 0. The van der Waals surface area contributed by atoms with Crippen LogP contribution < -0.4 is 5.32 Å². The van der Waals surface area contributed by atoms with Gasteiger partial charge in [-0.15, -0.1) is 0 Å². The zero-order valence-electron chi connectivity index (χ0n) is 12.4. The summed E-state index contributed by atoms with van der Waals surface area (Å²) in [5.41, 5.74) is 1.75. The van der Waals surface area contributed by atoms with E-state index in [4.69, 9.17) is 16.7 Å². The molecule has 0 aliphatic carbocycles. The van der Waals surface area contributed by atoms with Gasteiger partial charge in [-0.3, -0.25) is 4.79 Å². The summed E-state index contributed by atoms with van der Waals surface area (Å²) in [5.74, 6) is -1.59. The third-order valence-electron chi connectivity index (χ3n) is 3.40. The molecule has 0 aliphatic heterocycles. The van der Waals surface area contributed by atoms with Crippen molar-refractivity contribution < 1.29 is 14.7 Å². The van der Waals surface area contributed by atoms with Gasteiger partial charge in [0, 0.05) is 11.1 Å². The van der Waals surface area contributed by atoms with E-state index in [1.807, 2.05) is 26.0 Å². The van der Waals surface area contributed by atoms with Gasteiger partial charge in [-0.05, 0) is 36.1 Å².